The summed E-state index contributed by atoms with van der Waals surface area (Å²) in [6.07, 6.45) is 5.86. The van der Waals surface area contributed by atoms with E-state index in [0.29, 0.717) is 11.7 Å². The van der Waals surface area contributed by atoms with Crippen LogP contribution in [0.1, 0.15) is 31.5 Å². The van der Waals surface area contributed by atoms with Crippen LogP contribution < -0.4 is 5.73 Å². The molecule has 0 bridgehead atoms. The van der Waals surface area contributed by atoms with Crippen molar-refractivity contribution in [3.63, 3.8) is 0 Å². The number of hydrogen-bond donors (Lipinski definition) is 1. The third kappa shape index (κ3) is 2.36. The highest BCUT2D eigenvalue weighted by Crippen LogP contribution is 2.36. The van der Waals surface area contributed by atoms with Crippen molar-refractivity contribution in [1.82, 2.24) is 15.1 Å². The van der Waals surface area contributed by atoms with Crippen LogP contribution in [0.15, 0.2) is 41.1 Å². The summed E-state index contributed by atoms with van der Waals surface area (Å²) in [5, 5.41) is 5.13. The molecule has 22 heavy (non-hydrogen) atoms. The van der Waals surface area contributed by atoms with Gasteiger partial charge in [-0.1, -0.05) is 30.1 Å². The maximum atomic E-state index is 6.39. The molecule has 1 aliphatic carbocycles. The van der Waals surface area contributed by atoms with E-state index < -0.39 is 5.54 Å². The van der Waals surface area contributed by atoms with Gasteiger partial charge in [0, 0.05) is 17.1 Å². The maximum Gasteiger partial charge on any atom is 0.258 e. The minimum absolute atomic E-state index is 0. The van der Waals surface area contributed by atoms with Gasteiger partial charge in [-0.2, -0.15) is 4.98 Å². The number of hydrogen-bond acceptors (Lipinski definition) is 5. The number of halogens is 1. The molecule has 0 amide bonds. The number of aromatic nitrogens is 3. The molecular weight excluding hydrogens is 300 g/mol. The molecule has 0 spiro atoms. The molecule has 5 nitrogen and oxygen atoms in total. The van der Waals surface area contributed by atoms with Crippen LogP contribution in [0.2, 0.25) is 0 Å². The number of benzene rings is 1. The Kier molecular flexibility index (Phi) is 3.85. The maximum absolute atomic E-state index is 6.39. The fourth-order valence-corrected chi connectivity index (χ4v) is 3.05. The first-order valence-electron chi connectivity index (χ1n) is 7.23. The standard InChI is InChI=1S/C16H16N4O.ClH/c17-16(8-1-2-9-16)15-19-14(21-20-15)12-5-3-7-13-11(12)6-4-10-18-13;/h3-7,10H,1-2,8-9,17H2;1H. The van der Waals surface area contributed by atoms with Gasteiger partial charge in [-0.05, 0) is 31.0 Å². The van der Waals surface area contributed by atoms with E-state index in [2.05, 4.69) is 15.1 Å². The second-order valence-corrected chi connectivity index (χ2v) is 5.66. The van der Waals surface area contributed by atoms with Gasteiger partial charge in [-0.15, -0.1) is 12.4 Å². The highest BCUT2D eigenvalue weighted by atomic mass is 35.5. The summed E-state index contributed by atoms with van der Waals surface area (Å²) >= 11 is 0. The summed E-state index contributed by atoms with van der Waals surface area (Å²) in [6, 6.07) is 9.80. The van der Waals surface area contributed by atoms with E-state index in [1.54, 1.807) is 6.20 Å². The van der Waals surface area contributed by atoms with Gasteiger partial charge in [0.25, 0.3) is 5.89 Å². The summed E-state index contributed by atoms with van der Waals surface area (Å²) in [5.41, 5.74) is 7.78. The molecule has 6 heteroatoms. The van der Waals surface area contributed by atoms with Crippen molar-refractivity contribution >= 4 is 23.3 Å². The van der Waals surface area contributed by atoms with Crippen molar-refractivity contribution in [3.05, 3.63) is 42.4 Å². The van der Waals surface area contributed by atoms with Crippen molar-refractivity contribution in [2.45, 2.75) is 31.2 Å². The van der Waals surface area contributed by atoms with Crippen LogP contribution in [0.3, 0.4) is 0 Å². The molecule has 114 valence electrons. The van der Waals surface area contributed by atoms with Crippen LogP contribution >= 0.6 is 12.4 Å². The first-order chi connectivity index (χ1) is 10.3. The number of fused-ring (bicyclic) bond motifs is 1. The third-order valence-electron chi connectivity index (χ3n) is 4.24. The molecule has 1 aliphatic rings. The Bertz CT molecular complexity index is 790. The summed E-state index contributed by atoms with van der Waals surface area (Å²) < 4.78 is 5.47. The Morgan fingerprint density at radius 1 is 1.09 bits per heavy atom. The van der Waals surface area contributed by atoms with Gasteiger partial charge in [0.1, 0.15) is 0 Å². The fourth-order valence-electron chi connectivity index (χ4n) is 3.05. The molecule has 0 radical (unpaired) electrons. The molecule has 3 aromatic rings. The molecular formula is C16H17ClN4O. The summed E-state index contributed by atoms with van der Waals surface area (Å²) in [6.45, 7) is 0. The van der Waals surface area contributed by atoms with Gasteiger partial charge in [0.2, 0.25) is 0 Å². The number of nitrogens with two attached hydrogens (primary N) is 1. The first-order valence-corrected chi connectivity index (χ1v) is 7.23. The van der Waals surface area contributed by atoms with Crippen molar-refractivity contribution in [2.24, 2.45) is 5.73 Å². The lowest BCUT2D eigenvalue weighted by molar-refractivity contribution is 0.373. The quantitative estimate of drug-likeness (QED) is 0.783. The zero-order chi connectivity index (χ0) is 14.3. The molecule has 2 heterocycles. The molecule has 1 saturated carbocycles. The Morgan fingerprint density at radius 3 is 2.73 bits per heavy atom. The lowest BCUT2D eigenvalue weighted by Gasteiger charge is -2.17. The molecule has 1 fully saturated rings. The highest BCUT2D eigenvalue weighted by Gasteiger charge is 2.36. The van der Waals surface area contributed by atoms with E-state index >= 15 is 0 Å². The normalized spacial score (nSPS) is 16.6. The molecule has 2 N–H and O–H groups in total. The van der Waals surface area contributed by atoms with Gasteiger partial charge in [-0.3, -0.25) is 4.98 Å². The van der Waals surface area contributed by atoms with Crippen LogP contribution in [0, 0.1) is 0 Å². The zero-order valence-corrected chi connectivity index (χ0v) is 12.8. The molecule has 1 aromatic carbocycles. The molecule has 0 aliphatic heterocycles. The van der Waals surface area contributed by atoms with E-state index in [0.717, 1.165) is 42.1 Å². The highest BCUT2D eigenvalue weighted by molar-refractivity contribution is 5.92. The predicted molar refractivity (Wildman–Crippen MR) is 86.6 cm³/mol. The second kappa shape index (κ2) is 5.66. The van der Waals surface area contributed by atoms with Gasteiger partial charge in [-0.25, -0.2) is 0 Å². The van der Waals surface area contributed by atoms with Gasteiger partial charge < -0.3 is 10.3 Å². The molecule has 2 aromatic heterocycles. The second-order valence-electron chi connectivity index (χ2n) is 5.66. The van der Waals surface area contributed by atoms with E-state index in [1.807, 2.05) is 30.3 Å². The van der Waals surface area contributed by atoms with E-state index in [1.165, 1.54) is 0 Å². The topological polar surface area (TPSA) is 77.8 Å². The Balaban J connectivity index is 0.00000144. The minimum atomic E-state index is -0.426. The van der Waals surface area contributed by atoms with Gasteiger partial charge in [0.05, 0.1) is 11.1 Å². The van der Waals surface area contributed by atoms with Crippen molar-refractivity contribution in [1.29, 1.82) is 0 Å². The lowest BCUT2D eigenvalue weighted by atomic mass is 9.98. The van der Waals surface area contributed by atoms with Crippen molar-refractivity contribution in [3.8, 4) is 11.5 Å². The number of nitrogens with zero attached hydrogens (tertiary/aromatic N) is 3. The van der Waals surface area contributed by atoms with Crippen LogP contribution in [0.25, 0.3) is 22.4 Å². The Morgan fingerprint density at radius 2 is 1.91 bits per heavy atom. The van der Waals surface area contributed by atoms with Crippen molar-refractivity contribution in [2.75, 3.05) is 0 Å². The minimum Gasteiger partial charge on any atom is -0.334 e. The zero-order valence-electron chi connectivity index (χ0n) is 12.0. The summed E-state index contributed by atoms with van der Waals surface area (Å²) in [4.78, 5) is 8.90. The predicted octanol–water partition coefficient (Wildman–Crippen LogP) is 3.43. The largest absolute Gasteiger partial charge is 0.334 e. The molecule has 0 unspecified atom stereocenters. The average Bonchev–Trinajstić information content (AvgIpc) is 3.16. The van der Waals surface area contributed by atoms with Gasteiger partial charge in [0.15, 0.2) is 5.82 Å². The van der Waals surface area contributed by atoms with E-state index in [-0.39, 0.29) is 12.4 Å². The van der Waals surface area contributed by atoms with E-state index in [4.69, 9.17) is 10.3 Å². The van der Waals surface area contributed by atoms with Crippen molar-refractivity contribution < 1.29 is 4.52 Å². The number of rotatable bonds is 2. The van der Waals surface area contributed by atoms with E-state index in [9.17, 15) is 0 Å². The molecule has 0 saturated heterocycles. The summed E-state index contributed by atoms with van der Waals surface area (Å²) in [5.74, 6) is 1.14. The van der Waals surface area contributed by atoms with Crippen LogP contribution in [0.4, 0.5) is 0 Å². The average molecular weight is 317 g/mol. The van der Waals surface area contributed by atoms with Crippen LogP contribution in [-0.2, 0) is 5.54 Å². The lowest BCUT2D eigenvalue weighted by Crippen LogP contribution is -2.34. The molecule has 0 atom stereocenters. The smallest absolute Gasteiger partial charge is 0.258 e. The van der Waals surface area contributed by atoms with Gasteiger partial charge >= 0.3 is 0 Å². The summed E-state index contributed by atoms with van der Waals surface area (Å²) in [7, 11) is 0. The van der Waals surface area contributed by atoms with Crippen LogP contribution in [-0.4, -0.2) is 15.1 Å². The molecule has 4 rings (SSSR count). The number of pyridine rings is 1. The first kappa shape index (κ1) is 14.9. The Labute approximate surface area is 134 Å². The third-order valence-corrected chi connectivity index (χ3v) is 4.24. The van der Waals surface area contributed by atoms with Crippen LogP contribution in [0.5, 0.6) is 0 Å². The monoisotopic (exact) mass is 316 g/mol. The SMILES string of the molecule is Cl.NC1(c2noc(-c3cccc4ncccc34)n2)CCCC1. The Hall–Kier alpha value is -1.98. The fraction of sp³-hybridized carbons (Fsp3) is 0.312.